The van der Waals surface area contributed by atoms with E-state index in [4.69, 9.17) is 4.74 Å². The Bertz CT molecular complexity index is 440. The third-order valence-corrected chi connectivity index (χ3v) is 2.39. The number of nitrogens with one attached hydrogen (secondary N) is 1. The van der Waals surface area contributed by atoms with Crippen molar-refractivity contribution in [1.29, 1.82) is 0 Å². The SMILES string of the molecule is Cc1ccc(NCCOc2cccnc2)cc1. The fourth-order valence-corrected chi connectivity index (χ4v) is 1.47. The van der Waals surface area contributed by atoms with E-state index in [-0.39, 0.29) is 0 Å². The maximum atomic E-state index is 5.53. The lowest BCUT2D eigenvalue weighted by atomic mass is 10.2. The van der Waals surface area contributed by atoms with Crippen LogP contribution in [0, 0.1) is 6.92 Å². The molecule has 1 N–H and O–H groups in total. The molecule has 17 heavy (non-hydrogen) atoms. The summed E-state index contributed by atoms with van der Waals surface area (Å²) >= 11 is 0. The Kier molecular flexibility index (Phi) is 3.97. The van der Waals surface area contributed by atoms with Gasteiger partial charge in [0.05, 0.1) is 6.20 Å². The Morgan fingerprint density at radius 2 is 2.00 bits per heavy atom. The van der Waals surface area contributed by atoms with Crippen LogP contribution in [0.4, 0.5) is 5.69 Å². The molecule has 0 atom stereocenters. The second-order valence-corrected chi connectivity index (χ2v) is 3.83. The third kappa shape index (κ3) is 3.79. The molecule has 0 unspecified atom stereocenters. The normalized spacial score (nSPS) is 9.94. The van der Waals surface area contributed by atoms with Crippen LogP contribution in [0.2, 0.25) is 0 Å². The standard InChI is InChI=1S/C14H16N2O/c1-12-4-6-13(7-5-12)16-9-10-17-14-3-2-8-15-11-14/h2-8,11,16H,9-10H2,1H3. The number of hydrogen-bond donors (Lipinski definition) is 1. The quantitative estimate of drug-likeness (QED) is 0.799. The fraction of sp³-hybridized carbons (Fsp3) is 0.214. The van der Waals surface area contributed by atoms with Gasteiger partial charge in [-0.15, -0.1) is 0 Å². The molecule has 3 nitrogen and oxygen atoms in total. The summed E-state index contributed by atoms with van der Waals surface area (Å²) < 4.78 is 5.53. The van der Waals surface area contributed by atoms with Crippen molar-refractivity contribution in [2.75, 3.05) is 18.5 Å². The summed E-state index contributed by atoms with van der Waals surface area (Å²) in [6, 6.07) is 12.1. The molecule has 0 bridgehead atoms. The second-order valence-electron chi connectivity index (χ2n) is 3.83. The summed E-state index contributed by atoms with van der Waals surface area (Å²) in [6.45, 7) is 3.48. The van der Waals surface area contributed by atoms with Gasteiger partial charge in [0.1, 0.15) is 12.4 Å². The first-order valence-corrected chi connectivity index (χ1v) is 5.68. The first kappa shape index (κ1) is 11.5. The fourth-order valence-electron chi connectivity index (χ4n) is 1.47. The zero-order chi connectivity index (χ0) is 11.9. The van der Waals surface area contributed by atoms with Crippen LogP contribution in [-0.2, 0) is 0 Å². The number of benzene rings is 1. The van der Waals surface area contributed by atoms with E-state index in [2.05, 4.69) is 41.5 Å². The van der Waals surface area contributed by atoms with E-state index in [1.165, 1.54) is 5.56 Å². The van der Waals surface area contributed by atoms with E-state index in [9.17, 15) is 0 Å². The largest absolute Gasteiger partial charge is 0.490 e. The van der Waals surface area contributed by atoms with Crippen LogP contribution in [0.15, 0.2) is 48.8 Å². The van der Waals surface area contributed by atoms with Crippen LogP contribution in [-0.4, -0.2) is 18.1 Å². The smallest absolute Gasteiger partial charge is 0.137 e. The number of aryl methyl sites for hydroxylation is 1. The highest BCUT2D eigenvalue weighted by molar-refractivity contribution is 5.44. The number of anilines is 1. The van der Waals surface area contributed by atoms with Gasteiger partial charge in [0, 0.05) is 18.4 Å². The first-order valence-electron chi connectivity index (χ1n) is 5.68. The van der Waals surface area contributed by atoms with E-state index >= 15 is 0 Å². The van der Waals surface area contributed by atoms with Crippen molar-refractivity contribution < 1.29 is 4.74 Å². The maximum Gasteiger partial charge on any atom is 0.137 e. The molecular weight excluding hydrogens is 212 g/mol. The van der Waals surface area contributed by atoms with E-state index < -0.39 is 0 Å². The van der Waals surface area contributed by atoms with Gasteiger partial charge in [0.15, 0.2) is 0 Å². The Labute approximate surface area is 101 Å². The van der Waals surface area contributed by atoms with Crippen LogP contribution in [0.3, 0.4) is 0 Å². The van der Waals surface area contributed by atoms with Gasteiger partial charge in [0.25, 0.3) is 0 Å². The molecule has 3 heteroatoms. The van der Waals surface area contributed by atoms with Gasteiger partial charge >= 0.3 is 0 Å². The van der Waals surface area contributed by atoms with Crippen molar-refractivity contribution in [3.05, 3.63) is 54.4 Å². The minimum Gasteiger partial charge on any atom is -0.490 e. The number of ether oxygens (including phenoxy) is 1. The molecule has 0 amide bonds. The molecule has 0 spiro atoms. The lowest BCUT2D eigenvalue weighted by molar-refractivity contribution is 0.331. The number of hydrogen-bond acceptors (Lipinski definition) is 3. The van der Waals surface area contributed by atoms with Crippen molar-refractivity contribution in [3.63, 3.8) is 0 Å². The van der Waals surface area contributed by atoms with Crippen molar-refractivity contribution in [1.82, 2.24) is 4.98 Å². The van der Waals surface area contributed by atoms with Gasteiger partial charge < -0.3 is 10.1 Å². The Morgan fingerprint density at radius 3 is 2.71 bits per heavy atom. The molecule has 1 heterocycles. The molecule has 0 aliphatic heterocycles. The molecule has 2 rings (SSSR count). The lowest BCUT2D eigenvalue weighted by Gasteiger charge is -2.08. The van der Waals surface area contributed by atoms with Crippen LogP contribution in [0.5, 0.6) is 5.75 Å². The minimum atomic E-state index is 0.625. The van der Waals surface area contributed by atoms with Crippen LogP contribution >= 0.6 is 0 Å². The predicted molar refractivity (Wildman–Crippen MR) is 69.4 cm³/mol. The minimum absolute atomic E-state index is 0.625. The first-order chi connectivity index (χ1) is 8.34. The van der Waals surface area contributed by atoms with Crippen LogP contribution < -0.4 is 10.1 Å². The summed E-state index contributed by atoms with van der Waals surface area (Å²) in [5.74, 6) is 0.804. The second kappa shape index (κ2) is 5.89. The summed E-state index contributed by atoms with van der Waals surface area (Å²) in [6.07, 6.45) is 3.45. The van der Waals surface area contributed by atoms with E-state index in [1.54, 1.807) is 12.4 Å². The van der Waals surface area contributed by atoms with Gasteiger partial charge in [-0.3, -0.25) is 4.98 Å². The van der Waals surface area contributed by atoms with Gasteiger partial charge in [-0.25, -0.2) is 0 Å². The topological polar surface area (TPSA) is 34.1 Å². The Morgan fingerprint density at radius 1 is 1.18 bits per heavy atom. The molecule has 0 fully saturated rings. The number of pyridine rings is 1. The zero-order valence-electron chi connectivity index (χ0n) is 9.89. The molecule has 1 aromatic carbocycles. The number of aromatic nitrogens is 1. The number of rotatable bonds is 5. The van der Waals surface area contributed by atoms with Crippen molar-refractivity contribution >= 4 is 5.69 Å². The van der Waals surface area contributed by atoms with Crippen LogP contribution in [0.25, 0.3) is 0 Å². The predicted octanol–water partition coefficient (Wildman–Crippen LogP) is 2.88. The van der Waals surface area contributed by atoms with Gasteiger partial charge in [-0.1, -0.05) is 17.7 Å². The van der Waals surface area contributed by atoms with E-state index in [1.807, 2.05) is 12.1 Å². The molecule has 0 aliphatic carbocycles. The lowest BCUT2D eigenvalue weighted by Crippen LogP contribution is -2.11. The highest BCUT2D eigenvalue weighted by Gasteiger charge is 1.93. The molecule has 88 valence electrons. The van der Waals surface area contributed by atoms with E-state index in [0.717, 1.165) is 18.0 Å². The Balaban J connectivity index is 1.71. The zero-order valence-corrected chi connectivity index (χ0v) is 9.89. The summed E-state index contributed by atoms with van der Waals surface area (Å²) in [7, 11) is 0. The molecule has 0 saturated carbocycles. The summed E-state index contributed by atoms with van der Waals surface area (Å²) in [5, 5.41) is 3.30. The molecule has 0 aliphatic rings. The molecule has 2 aromatic rings. The van der Waals surface area contributed by atoms with E-state index in [0.29, 0.717) is 6.61 Å². The van der Waals surface area contributed by atoms with Crippen molar-refractivity contribution in [3.8, 4) is 5.75 Å². The van der Waals surface area contributed by atoms with Gasteiger partial charge in [-0.05, 0) is 31.2 Å². The summed E-state index contributed by atoms with van der Waals surface area (Å²) in [4.78, 5) is 3.99. The third-order valence-electron chi connectivity index (χ3n) is 2.39. The van der Waals surface area contributed by atoms with Crippen LogP contribution in [0.1, 0.15) is 5.56 Å². The molecule has 0 saturated heterocycles. The number of nitrogens with zero attached hydrogens (tertiary/aromatic N) is 1. The average molecular weight is 228 g/mol. The monoisotopic (exact) mass is 228 g/mol. The molecule has 1 aromatic heterocycles. The van der Waals surface area contributed by atoms with Gasteiger partial charge in [-0.2, -0.15) is 0 Å². The van der Waals surface area contributed by atoms with Crippen molar-refractivity contribution in [2.24, 2.45) is 0 Å². The highest BCUT2D eigenvalue weighted by Crippen LogP contribution is 2.09. The summed E-state index contributed by atoms with van der Waals surface area (Å²) in [5.41, 5.74) is 2.38. The van der Waals surface area contributed by atoms with Crippen molar-refractivity contribution in [2.45, 2.75) is 6.92 Å². The van der Waals surface area contributed by atoms with Gasteiger partial charge in [0.2, 0.25) is 0 Å². The average Bonchev–Trinajstić information content (AvgIpc) is 2.38. The highest BCUT2D eigenvalue weighted by atomic mass is 16.5. The Hall–Kier alpha value is -2.03. The maximum absolute atomic E-state index is 5.53. The molecule has 0 radical (unpaired) electrons. The molecular formula is C14H16N2O.